The molecule has 0 N–H and O–H groups in total. The highest BCUT2D eigenvalue weighted by atomic mass is 32.2. The number of benzene rings is 1. The van der Waals surface area contributed by atoms with E-state index in [0.29, 0.717) is 19.0 Å². The summed E-state index contributed by atoms with van der Waals surface area (Å²) in [6, 6.07) is 12.8. The van der Waals surface area contributed by atoms with Gasteiger partial charge in [0.1, 0.15) is 6.10 Å². The molecule has 2 heterocycles. The van der Waals surface area contributed by atoms with Gasteiger partial charge in [-0.25, -0.2) is 8.42 Å². The normalized spacial score (nSPS) is 19.4. The molecule has 2 aromatic rings. The van der Waals surface area contributed by atoms with E-state index in [-0.39, 0.29) is 6.10 Å². The van der Waals surface area contributed by atoms with Gasteiger partial charge >= 0.3 is 0 Å². The van der Waals surface area contributed by atoms with Crippen LogP contribution in [-0.4, -0.2) is 42.1 Å². The summed E-state index contributed by atoms with van der Waals surface area (Å²) < 4.78 is 32.2. The van der Waals surface area contributed by atoms with Gasteiger partial charge in [-0.3, -0.25) is 0 Å². The first kappa shape index (κ1) is 16.6. The van der Waals surface area contributed by atoms with E-state index in [9.17, 15) is 8.42 Å². The molecular formula is C17H19N3O3S. The number of rotatable bonds is 5. The van der Waals surface area contributed by atoms with Crippen molar-refractivity contribution in [3.05, 3.63) is 59.6 Å². The van der Waals surface area contributed by atoms with E-state index in [4.69, 9.17) is 4.74 Å². The third-order valence-corrected chi connectivity index (χ3v) is 5.30. The van der Waals surface area contributed by atoms with Crippen LogP contribution in [0.15, 0.2) is 54.1 Å². The lowest BCUT2D eigenvalue weighted by Crippen LogP contribution is -2.43. The van der Waals surface area contributed by atoms with Gasteiger partial charge in [-0.2, -0.15) is 9.40 Å². The first-order chi connectivity index (χ1) is 11.6. The van der Waals surface area contributed by atoms with Gasteiger partial charge in [0.25, 0.3) is 0 Å². The van der Waals surface area contributed by atoms with Crippen molar-refractivity contribution in [2.24, 2.45) is 0 Å². The summed E-state index contributed by atoms with van der Waals surface area (Å²) in [7, 11) is -3.47. The minimum Gasteiger partial charge on any atom is -0.472 e. The van der Waals surface area contributed by atoms with Crippen LogP contribution in [0.2, 0.25) is 0 Å². The van der Waals surface area contributed by atoms with Crippen molar-refractivity contribution < 1.29 is 13.2 Å². The fourth-order valence-electron chi connectivity index (χ4n) is 2.57. The molecule has 7 heteroatoms. The molecule has 0 unspecified atom stereocenters. The van der Waals surface area contributed by atoms with Crippen molar-refractivity contribution in [1.29, 1.82) is 0 Å². The fourth-order valence-corrected chi connectivity index (χ4v) is 3.83. The quantitative estimate of drug-likeness (QED) is 0.831. The Balaban J connectivity index is 1.66. The molecule has 1 aromatic heterocycles. The molecule has 1 aliphatic rings. The lowest BCUT2D eigenvalue weighted by Gasteiger charge is -2.30. The summed E-state index contributed by atoms with van der Waals surface area (Å²) in [6.07, 6.45) is 4.52. The third kappa shape index (κ3) is 4.39. The maximum atomic E-state index is 12.5. The molecule has 126 valence electrons. The lowest BCUT2D eigenvalue weighted by molar-refractivity contribution is 0.124. The van der Waals surface area contributed by atoms with E-state index in [1.165, 1.54) is 9.71 Å². The summed E-state index contributed by atoms with van der Waals surface area (Å²) >= 11 is 0. The zero-order valence-corrected chi connectivity index (χ0v) is 14.0. The van der Waals surface area contributed by atoms with E-state index >= 15 is 0 Å². The van der Waals surface area contributed by atoms with Crippen molar-refractivity contribution in [3.63, 3.8) is 0 Å². The molecule has 1 atom stereocenters. The van der Waals surface area contributed by atoms with Crippen LogP contribution in [0.3, 0.4) is 0 Å². The molecule has 0 spiro atoms. The maximum absolute atomic E-state index is 12.5. The van der Waals surface area contributed by atoms with Crippen molar-refractivity contribution >= 4 is 16.1 Å². The van der Waals surface area contributed by atoms with Gasteiger partial charge in [0.15, 0.2) is 0 Å². The molecule has 0 amide bonds. The zero-order valence-electron chi connectivity index (χ0n) is 13.2. The molecule has 6 nitrogen and oxygen atoms in total. The van der Waals surface area contributed by atoms with E-state index in [2.05, 4.69) is 10.2 Å². The number of piperidine rings is 1. The predicted molar refractivity (Wildman–Crippen MR) is 91.7 cm³/mol. The average Bonchev–Trinajstić information content (AvgIpc) is 2.62. The largest absolute Gasteiger partial charge is 0.472 e. The van der Waals surface area contributed by atoms with Gasteiger partial charge in [0.2, 0.25) is 15.9 Å². The SMILES string of the molecule is O=S(=O)(/C=C/c1ccccc1)N1CCC[C@@H](Oc2cccnn2)C1. The number of aromatic nitrogens is 2. The number of nitrogens with zero attached hydrogens (tertiary/aromatic N) is 3. The van der Waals surface area contributed by atoms with E-state index < -0.39 is 10.0 Å². The van der Waals surface area contributed by atoms with Crippen LogP contribution in [0, 0.1) is 0 Å². The third-order valence-electron chi connectivity index (χ3n) is 3.77. The molecule has 1 aliphatic heterocycles. The monoisotopic (exact) mass is 345 g/mol. The number of hydrogen-bond donors (Lipinski definition) is 0. The molecule has 24 heavy (non-hydrogen) atoms. The van der Waals surface area contributed by atoms with Crippen molar-refractivity contribution in [1.82, 2.24) is 14.5 Å². The van der Waals surface area contributed by atoms with Crippen molar-refractivity contribution in [2.45, 2.75) is 18.9 Å². The first-order valence-electron chi connectivity index (χ1n) is 7.81. The summed E-state index contributed by atoms with van der Waals surface area (Å²) in [5, 5.41) is 8.90. The van der Waals surface area contributed by atoms with Crippen LogP contribution < -0.4 is 4.74 Å². The Morgan fingerprint density at radius 3 is 2.75 bits per heavy atom. The smallest absolute Gasteiger partial charge is 0.236 e. The van der Waals surface area contributed by atoms with Gasteiger partial charge < -0.3 is 4.74 Å². The van der Waals surface area contributed by atoms with Gasteiger partial charge in [-0.05, 0) is 30.5 Å². The predicted octanol–water partition coefficient (Wildman–Crippen LogP) is 2.32. The topological polar surface area (TPSA) is 72.4 Å². The lowest BCUT2D eigenvalue weighted by atomic mass is 10.1. The second-order valence-electron chi connectivity index (χ2n) is 5.56. The van der Waals surface area contributed by atoms with E-state index in [1.54, 1.807) is 24.4 Å². The Morgan fingerprint density at radius 2 is 2.00 bits per heavy atom. The molecule has 0 radical (unpaired) electrons. The Morgan fingerprint density at radius 1 is 1.17 bits per heavy atom. The van der Waals surface area contributed by atoms with Gasteiger partial charge in [0.05, 0.1) is 6.54 Å². The molecule has 1 aromatic carbocycles. The molecular weight excluding hydrogens is 326 g/mol. The molecule has 1 fully saturated rings. The van der Waals surface area contributed by atoms with Crippen LogP contribution >= 0.6 is 0 Å². The number of hydrogen-bond acceptors (Lipinski definition) is 5. The highest BCUT2D eigenvalue weighted by Crippen LogP contribution is 2.19. The number of ether oxygens (including phenoxy) is 1. The average molecular weight is 345 g/mol. The van der Waals surface area contributed by atoms with Crippen molar-refractivity contribution in [2.75, 3.05) is 13.1 Å². The minimum atomic E-state index is -3.47. The van der Waals surface area contributed by atoms with Crippen LogP contribution in [0.25, 0.3) is 6.08 Å². The highest BCUT2D eigenvalue weighted by Gasteiger charge is 2.28. The molecule has 3 rings (SSSR count). The summed E-state index contributed by atoms with van der Waals surface area (Å²) in [6.45, 7) is 0.819. The molecule has 0 saturated carbocycles. The van der Waals surface area contributed by atoms with Crippen LogP contribution in [0.1, 0.15) is 18.4 Å². The summed E-state index contributed by atoms with van der Waals surface area (Å²) in [5.74, 6) is 0.418. The standard InChI is InChI=1S/C17H19N3O3S/c21-24(22,13-10-15-6-2-1-3-7-15)20-12-5-8-16(14-20)23-17-9-4-11-18-19-17/h1-4,6-7,9-11,13,16H,5,8,12,14H2/b13-10+/t16-/m1/s1. The minimum absolute atomic E-state index is 0.213. The zero-order chi connectivity index (χ0) is 16.8. The Kier molecular flexibility index (Phi) is 5.22. The second-order valence-corrected chi connectivity index (χ2v) is 7.38. The molecule has 0 aliphatic carbocycles. The van der Waals surface area contributed by atoms with E-state index in [0.717, 1.165) is 18.4 Å². The van der Waals surface area contributed by atoms with Gasteiger partial charge in [0, 0.05) is 24.2 Å². The Bertz CT molecular complexity index is 779. The Hall–Kier alpha value is -2.25. The van der Waals surface area contributed by atoms with Crippen LogP contribution in [-0.2, 0) is 10.0 Å². The summed E-state index contributed by atoms with van der Waals surface area (Å²) in [4.78, 5) is 0. The number of sulfonamides is 1. The van der Waals surface area contributed by atoms with Crippen LogP contribution in [0.5, 0.6) is 5.88 Å². The van der Waals surface area contributed by atoms with Gasteiger partial charge in [-0.15, -0.1) is 5.10 Å². The first-order valence-corrected chi connectivity index (χ1v) is 9.31. The van der Waals surface area contributed by atoms with Crippen molar-refractivity contribution in [3.8, 4) is 5.88 Å². The Labute approximate surface area is 141 Å². The molecule has 0 bridgehead atoms. The molecule has 1 saturated heterocycles. The van der Waals surface area contributed by atoms with Crippen LogP contribution in [0.4, 0.5) is 0 Å². The summed E-state index contributed by atoms with van der Waals surface area (Å²) in [5.41, 5.74) is 0.852. The van der Waals surface area contributed by atoms with Gasteiger partial charge in [-0.1, -0.05) is 30.3 Å². The second kappa shape index (κ2) is 7.55. The highest BCUT2D eigenvalue weighted by molar-refractivity contribution is 7.92. The van der Waals surface area contributed by atoms with E-state index in [1.807, 2.05) is 30.3 Å². The fraction of sp³-hybridized carbons (Fsp3) is 0.294. The maximum Gasteiger partial charge on any atom is 0.236 e.